The van der Waals surface area contributed by atoms with Crippen LogP contribution in [0.5, 0.6) is 0 Å². The summed E-state index contributed by atoms with van der Waals surface area (Å²) in [6.07, 6.45) is 0. The second-order valence-corrected chi connectivity index (χ2v) is 6.10. The van der Waals surface area contributed by atoms with Gasteiger partial charge >= 0.3 is 0 Å². The number of nitro benzene ring substituents is 1. The van der Waals surface area contributed by atoms with Gasteiger partial charge in [0, 0.05) is 43.9 Å². The highest BCUT2D eigenvalue weighted by Gasteiger charge is 2.23. The number of aromatic nitrogens is 1. The van der Waals surface area contributed by atoms with Crippen molar-refractivity contribution in [3.8, 4) is 6.07 Å². The van der Waals surface area contributed by atoms with Gasteiger partial charge in [-0.05, 0) is 24.3 Å². The Balaban J connectivity index is 1.65. The van der Waals surface area contributed by atoms with E-state index >= 15 is 0 Å². The summed E-state index contributed by atoms with van der Waals surface area (Å²) in [6, 6.07) is 10.9. The Kier molecular flexibility index (Phi) is 5.00. The van der Waals surface area contributed by atoms with Crippen LogP contribution in [0.25, 0.3) is 0 Å². The smallest absolute Gasteiger partial charge is 0.269 e. The number of pyridine rings is 1. The first-order valence-electron chi connectivity index (χ1n) is 7.85. The SMILES string of the molecule is N#Cc1nc(N2CCN(C(=O)c3ccc([N+](=O)[O-])cc3)CC2)ccc1Cl. The zero-order valence-electron chi connectivity index (χ0n) is 13.6. The molecule has 8 nitrogen and oxygen atoms in total. The van der Waals surface area contributed by atoms with Crippen molar-refractivity contribution >= 4 is 29.0 Å². The molecule has 2 aromatic rings. The van der Waals surface area contributed by atoms with E-state index in [2.05, 4.69) is 4.98 Å². The lowest BCUT2D eigenvalue weighted by Crippen LogP contribution is -2.49. The summed E-state index contributed by atoms with van der Waals surface area (Å²) in [5.74, 6) is 0.481. The Bertz CT molecular complexity index is 886. The van der Waals surface area contributed by atoms with Crippen LogP contribution in [0.15, 0.2) is 36.4 Å². The number of carbonyl (C=O) groups is 1. The third-order valence-electron chi connectivity index (χ3n) is 4.15. The molecule has 0 saturated carbocycles. The fourth-order valence-corrected chi connectivity index (χ4v) is 2.88. The van der Waals surface area contributed by atoms with Crippen molar-refractivity contribution in [2.24, 2.45) is 0 Å². The number of amides is 1. The van der Waals surface area contributed by atoms with Crippen LogP contribution in [0.4, 0.5) is 11.5 Å². The highest BCUT2D eigenvalue weighted by atomic mass is 35.5. The maximum atomic E-state index is 12.5. The van der Waals surface area contributed by atoms with Crippen LogP contribution in [0, 0.1) is 21.4 Å². The maximum Gasteiger partial charge on any atom is 0.269 e. The molecule has 0 atom stereocenters. The fraction of sp³-hybridized carbons (Fsp3) is 0.235. The topological polar surface area (TPSA) is 103 Å². The van der Waals surface area contributed by atoms with Crippen molar-refractivity contribution in [2.45, 2.75) is 0 Å². The first-order valence-corrected chi connectivity index (χ1v) is 8.22. The van der Waals surface area contributed by atoms with Crippen LogP contribution in [0.2, 0.25) is 5.02 Å². The zero-order chi connectivity index (χ0) is 18.7. The third-order valence-corrected chi connectivity index (χ3v) is 4.46. The molecule has 0 N–H and O–H groups in total. The fourth-order valence-electron chi connectivity index (χ4n) is 2.73. The number of hydrogen-bond acceptors (Lipinski definition) is 6. The predicted octanol–water partition coefficient (Wildman–Crippen LogP) is 2.48. The van der Waals surface area contributed by atoms with Gasteiger partial charge in [-0.1, -0.05) is 11.6 Å². The van der Waals surface area contributed by atoms with Gasteiger partial charge in [0.15, 0.2) is 5.69 Å². The van der Waals surface area contributed by atoms with E-state index in [0.717, 1.165) is 0 Å². The lowest BCUT2D eigenvalue weighted by molar-refractivity contribution is -0.384. The van der Waals surface area contributed by atoms with E-state index in [-0.39, 0.29) is 17.3 Å². The summed E-state index contributed by atoms with van der Waals surface area (Å²) in [4.78, 5) is 30.6. The standard InChI is InChI=1S/C17H14ClN5O3/c18-14-5-6-16(20-15(14)11-19)21-7-9-22(10-8-21)17(24)12-1-3-13(4-2-12)23(25)26/h1-6H,7-10H2. The predicted molar refractivity (Wildman–Crippen MR) is 95.2 cm³/mol. The molecule has 0 unspecified atom stereocenters. The number of nitro groups is 1. The minimum Gasteiger partial charge on any atom is -0.353 e. The molecule has 2 heterocycles. The molecule has 132 valence electrons. The Labute approximate surface area is 154 Å². The number of rotatable bonds is 3. The molecule has 1 amide bonds. The monoisotopic (exact) mass is 371 g/mol. The first kappa shape index (κ1) is 17.6. The second-order valence-electron chi connectivity index (χ2n) is 5.69. The van der Waals surface area contributed by atoms with Crippen LogP contribution < -0.4 is 4.90 Å². The van der Waals surface area contributed by atoms with Gasteiger partial charge in [-0.3, -0.25) is 14.9 Å². The Morgan fingerprint density at radius 1 is 1.15 bits per heavy atom. The van der Waals surface area contributed by atoms with Gasteiger partial charge < -0.3 is 9.80 Å². The molecule has 3 rings (SSSR count). The molecule has 0 aliphatic carbocycles. The van der Waals surface area contributed by atoms with Crippen molar-refractivity contribution in [1.29, 1.82) is 5.26 Å². The summed E-state index contributed by atoms with van der Waals surface area (Å²) in [5.41, 5.74) is 0.544. The van der Waals surface area contributed by atoms with Crippen LogP contribution >= 0.6 is 11.6 Å². The molecule has 0 bridgehead atoms. The molecule has 1 aromatic heterocycles. The summed E-state index contributed by atoms with van der Waals surface area (Å²) in [7, 11) is 0. The average molecular weight is 372 g/mol. The van der Waals surface area contributed by atoms with E-state index in [0.29, 0.717) is 42.6 Å². The summed E-state index contributed by atoms with van der Waals surface area (Å²) < 4.78 is 0. The van der Waals surface area contributed by atoms with Gasteiger partial charge in [-0.15, -0.1) is 0 Å². The summed E-state index contributed by atoms with van der Waals surface area (Å²) in [5, 5.41) is 20.0. The van der Waals surface area contributed by atoms with Crippen molar-refractivity contribution in [3.63, 3.8) is 0 Å². The van der Waals surface area contributed by atoms with E-state index in [1.807, 2.05) is 11.0 Å². The number of anilines is 1. The van der Waals surface area contributed by atoms with Crippen LogP contribution in [-0.2, 0) is 0 Å². The molecular weight excluding hydrogens is 358 g/mol. The lowest BCUT2D eigenvalue weighted by Gasteiger charge is -2.35. The summed E-state index contributed by atoms with van der Waals surface area (Å²) in [6.45, 7) is 2.11. The molecule has 1 aliphatic rings. The highest BCUT2D eigenvalue weighted by molar-refractivity contribution is 6.31. The van der Waals surface area contributed by atoms with Crippen LogP contribution in [0.3, 0.4) is 0 Å². The van der Waals surface area contributed by atoms with E-state index in [1.165, 1.54) is 24.3 Å². The third kappa shape index (κ3) is 3.58. The molecule has 1 aliphatic heterocycles. The molecule has 1 aromatic carbocycles. The van der Waals surface area contributed by atoms with E-state index in [9.17, 15) is 14.9 Å². The lowest BCUT2D eigenvalue weighted by atomic mass is 10.1. The van der Waals surface area contributed by atoms with Crippen molar-refractivity contribution in [2.75, 3.05) is 31.1 Å². The molecule has 26 heavy (non-hydrogen) atoms. The minimum atomic E-state index is -0.498. The average Bonchev–Trinajstić information content (AvgIpc) is 2.68. The molecule has 9 heteroatoms. The largest absolute Gasteiger partial charge is 0.353 e. The van der Waals surface area contributed by atoms with Gasteiger partial charge in [0.05, 0.1) is 9.95 Å². The summed E-state index contributed by atoms with van der Waals surface area (Å²) >= 11 is 5.90. The van der Waals surface area contributed by atoms with Crippen LogP contribution in [0.1, 0.15) is 16.1 Å². The van der Waals surface area contributed by atoms with Gasteiger partial charge in [-0.2, -0.15) is 5.26 Å². The van der Waals surface area contributed by atoms with E-state index < -0.39 is 4.92 Å². The van der Waals surface area contributed by atoms with E-state index in [4.69, 9.17) is 16.9 Å². The first-order chi connectivity index (χ1) is 12.5. The maximum absolute atomic E-state index is 12.5. The zero-order valence-corrected chi connectivity index (χ0v) is 14.4. The molecular formula is C17H14ClN5O3. The van der Waals surface area contributed by atoms with Gasteiger partial charge in [0.1, 0.15) is 11.9 Å². The molecule has 1 fully saturated rings. The quantitative estimate of drug-likeness (QED) is 0.606. The normalized spacial score (nSPS) is 14.0. The van der Waals surface area contributed by atoms with E-state index in [1.54, 1.807) is 17.0 Å². The number of nitrogens with zero attached hydrogens (tertiary/aromatic N) is 5. The van der Waals surface area contributed by atoms with Gasteiger partial charge in [0.2, 0.25) is 0 Å². The number of piperazine rings is 1. The number of benzene rings is 1. The van der Waals surface area contributed by atoms with Gasteiger partial charge in [0.25, 0.3) is 11.6 Å². The van der Waals surface area contributed by atoms with Crippen LogP contribution in [-0.4, -0.2) is 46.9 Å². The Morgan fingerprint density at radius 2 is 1.81 bits per heavy atom. The Hall–Kier alpha value is -3.18. The van der Waals surface area contributed by atoms with Crippen molar-refractivity contribution in [1.82, 2.24) is 9.88 Å². The van der Waals surface area contributed by atoms with Crippen molar-refractivity contribution < 1.29 is 9.72 Å². The van der Waals surface area contributed by atoms with Crippen molar-refractivity contribution in [3.05, 3.63) is 62.8 Å². The Morgan fingerprint density at radius 3 is 2.38 bits per heavy atom. The number of halogens is 1. The number of nitriles is 1. The molecule has 1 saturated heterocycles. The highest BCUT2D eigenvalue weighted by Crippen LogP contribution is 2.21. The number of non-ortho nitro benzene ring substituents is 1. The second kappa shape index (κ2) is 7.37. The molecule has 0 radical (unpaired) electrons. The van der Waals surface area contributed by atoms with Gasteiger partial charge in [-0.25, -0.2) is 4.98 Å². The molecule has 0 spiro atoms. The minimum absolute atomic E-state index is 0.0477. The number of hydrogen-bond donors (Lipinski definition) is 0. The number of carbonyl (C=O) groups excluding carboxylic acids is 1.